The van der Waals surface area contributed by atoms with Crippen LogP contribution in [0.3, 0.4) is 0 Å². The molecule has 3 rings (SSSR count). The lowest BCUT2D eigenvalue weighted by Gasteiger charge is -2.27. The van der Waals surface area contributed by atoms with Gasteiger partial charge < -0.3 is 14.8 Å². The monoisotopic (exact) mass is 367 g/mol. The number of para-hydroxylation sites is 1. The summed E-state index contributed by atoms with van der Waals surface area (Å²) in [5, 5.41) is 3.01. The third-order valence-electron chi connectivity index (χ3n) is 4.80. The molecular formula is C22H25NO4. The van der Waals surface area contributed by atoms with E-state index in [1.54, 1.807) is 13.0 Å². The molecule has 2 aromatic rings. The number of carbonyl (C=O) groups is 2. The Morgan fingerprint density at radius 1 is 1.15 bits per heavy atom. The number of aryl methyl sites for hydroxylation is 2. The van der Waals surface area contributed by atoms with Crippen molar-refractivity contribution < 1.29 is 19.1 Å². The number of ether oxygens (including phenoxy) is 2. The Morgan fingerprint density at radius 2 is 1.89 bits per heavy atom. The molecule has 5 heteroatoms. The van der Waals surface area contributed by atoms with Gasteiger partial charge in [-0.25, -0.2) is 4.79 Å². The second kappa shape index (κ2) is 8.71. The molecule has 2 aromatic carbocycles. The van der Waals surface area contributed by atoms with Crippen molar-refractivity contribution in [2.75, 3.05) is 6.61 Å². The van der Waals surface area contributed by atoms with Crippen molar-refractivity contribution in [1.29, 1.82) is 0 Å². The summed E-state index contributed by atoms with van der Waals surface area (Å²) in [5.74, 6) is -0.226. The number of hydrogen-bond acceptors (Lipinski definition) is 4. The molecule has 0 saturated carbocycles. The zero-order valence-electron chi connectivity index (χ0n) is 15.7. The summed E-state index contributed by atoms with van der Waals surface area (Å²) in [6.45, 7) is 3.25. The lowest BCUT2D eigenvalue weighted by Crippen LogP contribution is -2.39. The fourth-order valence-electron chi connectivity index (χ4n) is 3.33. The van der Waals surface area contributed by atoms with Gasteiger partial charge in [0.25, 0.3) is 5.91 Å². The molecule has 27 heavy (non-hydrogen) atoms. The van der Waals surface area contributed by atoms with E-state index < -0.39 is 12.1 Å². The molecule has 1 N–H and O–H groups in total. The average molecular weight is 367 g/mol. The molecule has 0 aromatic heterocycles. The number of fused-ring (bicyclic) bond motifs is 1. The number of hydrogen-bond donors (Lipinski definition) is 1. The van der Waals surface area contributed by atoms with Gasteiger partial charge in [0.1, 0.15) is 5.75 Å². The molecule has 0 unspecified atom stereocenters. The second-order valence-corrected chi connectivity index (χ2v) is 6.84. The van der Waals surface area contributed by atoms with Crippen LogP contribution >= 0.6 is 0 Å². The molecule has 5 nitrogen and oxygen atoms in total. The fraction of sp³-hybridized carbons (Fsp3) is 0.364. The standard InChI is InChI=1S/C22H25NO4/c1-15-8-3-6-13-20(15)26-14-21(24)27-16(2)22(25)23-19-12-7-10-17-9-4-5-11-18(17)19/h3-6,8-9,11,13,16,19H,7,10,12,14H2,1-2H3,(H,23,25)/t16-,19+/m0/s1. The molecule has 1 aliphatic rings. The molecule has 0 heterocycles. The zero-order valence-corrected chi connectivity index (χ0v) is 15.7. The number of rotatable bonds is 6. The molecule has 1 amide bonds. The highest BCUT2D eigenvalue weighted by molar-refractivity contribution is 5.84. The number of esters is 1. The fourth-order valence-corrected chi connectivity index (χ4v) is 3.33. The molecule has 0 spiro atoms. The van der Waals surface area contributed by atoms with E-state index in [4.69, 9.17) is 9.47 Å². The Morgan fingerprint density at radius 3 is 2.70 bits per heavy atom. The average Bonchev–Trinajstić information content (AvgIpc) is 2.67. The minimum atomic E-state index is -0.868. The van der Waals surface area contributed by atoms with Crippen LogP contribution in [0.2, 0.25) is 0 Å². The quantitative estimate of drug-likeness (QED) is 0.794. The first kappa shape index (κ1) is 19.0. The van der Waals surface area contributed by atoms with Gasteiger partial charge in [-0.05, 0) is 55.9 Å². The first-order valence-electron chi connectivity index (χ1n) is 9.30. The van der Waals surface area contributed by atoms with E-state index in [1.807, 2.05) is 43.3 Å². The normalized spacial score (nSPS) is 16.7. The summed E-state index contributed by atoms with van der Waals surface area (Å²) in [4.78, 5) is 24.5. The predicted octanol–water partition coefficient (Wildman–Crippen LogP) is 3.50. The molecule has 2 atom stereocenters. The van der Waals surface area contributed by atoms with Gasteiger partial charge in [0.2, 0.25) is 0 Å². The van der Waals surface area contributed by atoms with Crippen molar-refractivity contribution in [3.63, 3.8) is 0 Å². The van der Waals surface area contributed by atoms with Crippen molar-refractivity contribution >= 4 is 11.9 Å². The third kappa shape index (κ3) is 4.88. The summed E-state index contributed by atoms with van der Waals surface area (Å²) in [6.07, 6.45) is 2.08. The Hall–Kier alpha value is -2.82. The van der Waals surface area contributed by atoms with Gasteiger partial charge >= 0.3 is 5.97 Å². The zero-order chi connectivity index (χ0) is 19.2. The van der Waals surface area contributed by atoms with E-state index in [1.165, 1.54) is 5.56 Å². The lowest BCUT2D eigenvalue weighted by atomic mass is 9.87. The maximum absolute atomic E-state index is 12.5. The van der Waals surface area contributed by atoms with Crippen molar-refractivity contribution in [3.8, 4) is 5.75 Å². The predicted molar refractivity (Wildman–Crippen MR) is 102 cm³/mol. The summed E-state index contributed by atoms with van der Waals surface area (Å²) in [6, 6.07) is 15.5. The second-order valence-electron chi connectivity index (χ2n) is 6.84. The molecule has 0 bridgehead atoms. The maximum Gasteiger partial charge on any atom is 0.344 e. The Balaban J connectivity index is 1.51. The van der Waals surface area contributed by atoms with Gasteiger partial charge in [0, 0.05) is 0 Å². The van der Waals surface area contributed by atoms with Crippen LogP contribution in [0.4, 0.5) is 0 Å². The van der Waals surface area contributed by atoms with Crippen LogP contribution in [-0.2, 0) is 20.7 Å². The van der Waals surface area contributed by atoms with Crippen LogP contribution in [-0.4, -0.2) is 24.6 Å². The maximum atomic E-state index is 12.5. The Kier molecular flexibility index (Phi) is 6.12. The molecule has 0 saturated heterocycles. The van der Waals surface area contributed by atoms with Crippen molar-refractivity contribution in [3.05, 3.63) is 65.2 Å². The van der Waals surface area contributed by atoms with E-state index in [9.17, 15) is 9.59 Å². The third-order valence-corrected chi connectivity index (χ3v) is 4.80. The Labute approximate surface area is 159 Å². The summed E-state index contributed by atoms with van der Waals surface area (Å²) in [5.41, 5.74) is 3.36. The van der Waals surface area contributed by atoms with Crippen LogP contribution in [0.1, 0.15) is 42.5 Å². The summed E-state index contributed by atoms with van der Waals surface area (Å²) in [7, 11) is 0. The van der Waals surface area contributed by atoms with E-state index in [0.29, 0.717) is 5.75 Å². The minimum absolute atomic E-state index is 0.0354. The van der Waals surface area contributed by atoms with Crippen molar-refractivity contribution in [2.45, 2.75) is 45.3 Å². The van der Waals surface area contributed by atoms with E-state index in [0.717, 1.165) is 30.4 Å². The molecule has 0 radical (unpaired) electrons. The van der Waals surface area contributed by atoms with Crippen LogP contribution in [0, 0.1) is 6.92 Å². The smallest absolute Gasteiger partial charge is 0.344 e. The Bertz CT molecular complexity index is 817. The van der Waals surface area contributed by atoms with Gasteiger partial charge in [0.05, 0.1) is 6.04 Å². The summed E-state index contributed by atoms with van der Waals surface area (Å²) < 4.78 is 10.7. The molecule has 0 fully saturated rings. The SMILES string of the molecule is Cc1ccccc1OCC(=O)O[C@@H](C)C(=O)N[C@@H]1CCCc2ccccc21. The first-order valence-corrected chi connectivity index (χ1v) is 9.30. The van der Waals surface area contributed by atoms with Gasteiger partial charge in [-0.3, -0.25) is 4.79 Å². The number of carbonyl (C=O) groups excluding carboxylic acids is 2. The largest absolute Gasteiger partial charge is 0.482 e. The molecule has 142 valence electrons. The van der Waals surface area contributed by atoms with E-state index in [2.05, 4.69) is 11.4 Å². The minimum Gasteiger partial charge on any atom is -0.482 e. The van der Waals surface area contributed by atoms with E-state index >= 15 is 0 Å². The highest BCUT2D eigenvalue weighted by Crippen LogP contribution is 2.29. The van der Waals surface area contributed by atoms with Gasteiger partial charge in [-0.2, -0.15) is 0 Å². The molecule has 0 aliphatic heterocycles. The first-order chi connectivity index (χ1) is 13.0. The number of amides is 1. The van der Waals surface area contributed by atoms with Gasteiger partial charge in [-0.15, -0.1) is 0 Å². The number of benzene rings is 2. The van der Waals surface area contributed by atoms with Crippen molar-refractivity contribution in [1.82, 2.24) is 5.32 Å². The van der Waals surface area contributed by atoms with Crippen LogP contribution in [0.5, 0.6) is 5.75 Å². The van der Waals surface area contributed by atoms with Gasteiger partial charge in [-0.1, -0.05) is 42.5 Å². The topological polar surface area (TPSA) is 64.6 Å². The lowest BCUT2D eigenvalue weighted by molar-refractivity contribution is -0.156. The summed E-state index contributed by atoms with van der Waals surface area (Å²) >= 11 is 0. The van der Waals surface area contributed by atoms with E-state index in [-0.39, 0.29) is 18.6 Å². The molecular weight excluding hydrogens is 342 g/mol. The van der Waals surface area contributed by atoms with Gasteiger partial charge in [0.15, 0.2) is 12.7 Å². The highest BCUT2D eigenvalue weighted by atomic mass is 16.6. The van der Waals surface area contributed by atoms with Crippen LogP contribution < -0.4 is 10.1 Å². The highest BCUT2D eigenvalue weighted by Gasteiger charge is 2.25. The van der Waals surface area contributed by atoms with Crippen LogP contribution in [0.15, 0.2) is 48.5 Å². The van der Waals surface area contributed by atoms with Crippen LogP contribution in [0.25, 0.3) is 0 Å². The molecule has 1 aliphatic carbocycles. The van der Waals surface area contributed by atoms with Crippen molar-refractivity contribution in [2.24, 2.45) is 0 Å². The number of nitrogens with one attached hydrogen (secondary N) is 1.